The molecule has 0 bridgehead atoms. The van der Waals surface area contributed by atoms with Crippen LogP contribution in [0.5, 0.6) is 0 Å². The number of nitrogens with zero attached hydrogens (tertiary/aromatic N) is 1. The first kappa shape index (κ1) is 20.7. The Morgan fingerprint density at radius 2 is 1.63 bits per heavy atom. The van der Waals surface area contributed by atoms with Crippen LogP contribution in [0.15, 0.2) is 53.4 Å². The molecule has 0 amide bonds. The summed E-state index contributed by atoms with van der Waals surface area (Å²) < 4.78 is 43.7. The zero-order chi connectivity index (χ0) is 20.2. The van der Waals surface area contributed by atoms with Crippen molar-refractivity contribution in [1.29, 1.82) is 0 Å². The van der Waals surface area contributed by atoms with Crippen molar-refractivity contribution < 1.29 is 27.1 Å². The van der Waals surface area contributed by atoms with E-state index in [0.29, 0.717) is 0 Å². The molecule has 1 atom stereocenters. The number of rotatable bonds is 7. The third-order valence-electron chi connectivity index (χ3n) is 3.89. The van der Waals surface area contributed by atoms with E-state index < -0.39 is 40.2 Å². The quantitative estimate of drug-likeness (QED) is 0.534. The fourth-order valence-corrected chi connectivity index (χ4v) is 3.41. The monoisotopic (exact) mass is 393 g/mol. The number of benzene rings is 2. The van der Waals surface area contributed by atoms with Crippen molar-refractivity contribution in [2.45, 2.75) is 24.8 Å². The lowest BCUT2D eigenvalue weighted by atomic mass is 10.1. The Morgan fingerprint density at radius 1 is 1.07 bits per heavy atom. The van der Waals surface area contributed by atoms with Crippen molar-refractivity contribution in [3.8, 4) is 0 Å². The van der Waals surface area contributed by atoms with E-state index in [4.69, 9.17) is 4.74 Å². The molecule has 0 radical (unpaired) electrons. The van der Waals surface area contributed by atoms with Gasteiger partial charge in [0.15, 0.2) is 6.10 Å². The summed E-state index contributed by atoms with van der Waals surface area (Å²) in [6.45, 7) is 2.66. The van der Waals surface area contributed by atoms with E-state index in [1.54, 1.807) is 12.1 Å². The number of halogens is 1. The number of aryl methyl sites for hydroxylation is 1. The molecule has 8 heteroatoms. The van der Waals surface area contributed by atoms with Crippen molar-refractivity contribution in [2.75, 3.05) is 13.6 Å². The molecule has 144 valence electrons. The van der Waals surface area contributed by atoms with E-state index in [-0.39, 0.29) is 10.5 Å². The van der Waals surface area contributed by atoms with E-state index in [9.17, 15) is 22.4 Å². The highest BCUT2D eigenvalue weighted by atomic mass is 32.2. The summed E-state index contributed by atoms with van der Waals surface area (Å²) >= 11 is 0. The molecule has 0 saturated carbocycles. The summed E-state index contributed by atoms with van der Waals surface area (Å²) in [5.74, 6) is -1.86. The topological polar surface area (TPSA) is 80.8 Å². The molecule has 0 aliphatic rings. The van der Waals surface area contributed by atoms with Gasteiger partial charge < -0.3 is 4.74 Å². The standard InChI is InChI=1S/C19H20FNO5S/c1-13-4-10-17(11-5-13)27(24,25)21(3)12-18(22)26-14(2)19(23)15-6-8-16(20)9-7-15/h4-11,14H,12H2,1-3H3. The molecule has 0 fully saturated rings. The molecule has 2 aromatic rings. The van der Waals surface area contributed by atoms with Gasteiger partial charge in [-0.3, -0.25) is 9.59 Å². The van der Waals surface area contributed by atoms with Crippen LogP contribution < -0.4 is 0 Å². The second kappa shape index (κ2) is 8.41. The fraction of sp³-hybridized carbons (Fsp3) is 0.263. The minimum Gasteiger partial charge on any atom is -0.453 e. The van der Waals surface area contributed by atoms with E-state index >= 15 is 0 Å². The third kappa shape index (κ3) is 5.21. The molecule has 6 nitrogen and oxygen atoms in total. The molecular formula is C19H20FNO5S. The van der Waals surface area contributed by atoms with Crippen LogP contribution >= 0.6 is 0 Å². The van der Waals surface area contributed by atoms with Gasteiger partial charge in [-0.1, -0.05) is 17.7 Å². The van der Waals surface area contributed by atoms with Gasteiger partial charge >= 0.3 is 5.97 Å². The Kier molecular flexibility index (Phi) is 6.45. The second-order valence-electron chi connectivity index (χ2n) is 6.08. The minimum atomic E-state index is -3.86. The summed E-state index contributed by atoms with van der Waals surface area (Å²) in [6, 6.07) is 11.0. The highest BCUT2D eigenvalue weighted by Crippen LogP contribution is 2.15. The molecule has 0 saturated heterocycles. The van der Waals surface area contributed by atoms with Gasteiger partial charge in [-0.05, 0) is 50.2 Å². The summed E-state index contributed by atoms with van der Waals surface area (Å²) in [4.78, 5) is 24.3. The molecule has 0 spiro atoms. The maximum Gasteiger partial charge on any atom is 0.322 e. The fourth-order valence-electron chi connectivity index (χ4n) is 2.29. The van der Waals surface area contributed by atoms with Gasteiger partial charge in [0.2, 0.25) is 15.8 Å². The zero-order valence-corrected chi connectivity index (χ0v) is 16.0. The van der Waals surface area contributed by atoms with Gasteiger partial charge in [-0.25, -0.2) is 12.8 Å². The van der Waals surface area contributed by atoms with E-state index in [1.165, 1.54) is 38.2 Å². The van der Waals surface area contributed by atoms with Crippen LogP contribution in [0.3, 0.4) is 0 Å². The number of ether oxygens (including phenoxy) is 1. The molecule has 0 aromatic heterocycles. The summed E-state index contributed by atoms with van der Waals surface area (Å²) in [7, 11) is -2.60. The van der Waals surface area contributed by atoms with Crippen LogP contribution in [0.2, 0.25) is 0 Å². The van der Waals surface area contributed by atoms with Gasteiger partial charge in [0, 0.05) is 12.6 Å². The number of likely N-dealkylation sites (N-methyl/N-ethyl adjacent to an activating group) is 1. The summed E-state index contributed by atoms with van der Waals surface area (Å²) in [6.07, 6.45) is -1.13. The highest BCUT2D eigenvalue weighted by molar-refractivity contribution is 7.89. The Hall–Kier alpha value is -2.58. The second-order valence-corrected chi connectivity index (χ2v) is 8.12. The third-order valence-corrected chi connectivity index (χ3v) is 5.70. The first-order valence-electron chi connectivity index (χ1n) is 8.13. The van der Waals surface area contributed by atoms with Gasteiger partial charge in [0.1, 0.15) is 12.4 Å². The Balaban J connectivity index is 2.00. The normalized spacial score (nSPS) is 12.6. The molecule has 2 aromatic carbocycles. The number of Topliss-reactive ketones (excluding diaryl/α,β-unsaturated/α-hetero) is 1. The van der Waals surface area contributed by atoms with Gasteiger partial charge in [0.25, 0.3) is 0 Å². The lowest BCUT2D eigenvalue weighted by Gasteiger charge is -2.18. The highest BCUT2D eigenvalue weighted by Gasteiger charge is 2.26. The van der Waals surface area contributed by atoms with Crippen LogP contribution in [0, 0.1) is 12.7 Å². The number of esters is 1. The lowest BCUT2D eigenvalue weighted by Crippen LogP contribution is -2.35. The van der Waals surface area contributed by atoms with E-state index in [2.05, 4.69) is 0 Å². The average molecular weight is 393 g/mol. The number of hydrogen-bond acceptors (Lipinski definition) is 5. The summed E-state index contributed by atoms with van der Waals surface area (Å²) in [5, 5.41) is 0. The SMILES string of the molecule is Cc1ccc(S(=O)(=O)N(C)CC(=O)OC(C)C(=O)c2ccc(F)cc2)cc1. The maximum atomic E-state index is 12.9. The minimum absolute atomic E-state index is 0.0545. The molecule has 27 heavy (non-hydrogen) atoms. The first-order valence-corrected chi connectivity index (χ1v) is 9.57. The molecule has 0 heterocycles. The first-order chi connectivity index (χ1) is 12.6. The zero-order valence-electron chi connectivity index (χ0n) is 15.2. The Bertz CT molecular complexity index is 924. The molecule has 0 N–H and O–H groups in total. The molecule has 2 rings (SSSR count). The van der Waals surface area contributed by atoms with Crippen LogP contribution in [-0.2, 0) is 19.6 Å². The predicted octanol–water partition coefficient (Wildman–Crippen LogP) is 2.57. The van der Waals surface area contributed by atoms with Crippen molar-refractivity contribution in [1.82, 2.24) is 4.31 Å². The number of ketones is 1. The van der Waals surface area contributed by atoms with Crippen LogP contribution in [0.4, 0.5) is 4.39 Å². The number of hydrogen-bond donors (Lipinski definition) is 0. The molecular weight excluding hydrogens is 373 g/mol. The summed E-state index contributed by atoms with van der Waals surface area (Å²) in [5.41, 5.74) is 1.10. The van der Waals surface area contributed by atoms with E-state index in [1.807, 2.05) is 6.92 Å². The molecule has 0 aliphatic carbocycles. The van der Waals surface area contributed by atoms with Crippen molar-refractivity contribution in [3.63, 3.8) is 0 Å². The lowest BCUT2D eigenvalue weighted by molar-refractivity contribution is -0.146. The van der Waals surface area contributed by atoms with Crippen molar-refractivity contribution in [2.24, 2.45) is 0 Å². The van der Waals surface area contributed by atoms with Gasteiger partial charge in [-0.2, -0.15) is 4.31 Å². The van der Waals surface area contributed by atoms with Crippen molar-refractivity contribution >= 4 is 21.8 Å². The number of carbonyl (C=O) groups excluding carboxylic acids is 2. The predicted molar refractivity (Wildman–Crippen MR) is 97.3 cm³/mol. The maximum absolute atomic E-state index is 12.9. The number of sulfonamides is 1. The smallest absolute Gasteiger partial charge is 0.322 e. The van der Waals surface area contributed by atoms with E-state index in [0.717, 1.165) is 22.0 Å². The largest absolute Gasteiger partial charge is 0.453 e. The van der Waals surface area contributed by atoms with Crippen LogP contribution in [-0.4, -0.2) is 44.2 Å². The van der Waals surface area contributed by atoms with Gasteiger partial charge in [-0.15, -0.1) is 0 Å². The Labute approximate surface area is 157 Å². The van der Waals surface area contributed by atoms with Gasteiger partial charge in [0.05, 0.1) is 4.90 Å². The Morgan fingerprint density at radius 3 is 2.19 bits per heavy atom. The molecule has 0 aliphatic heterocycles. The van der Waals surface area contributed by atoms with Crippen LogP contribution in [0.25, 0.3) is 0 Å². The van der Waals surface area contributed by atoms with Crippen molar-refractivity contribution in [3.05, 3.63) is 65.5 Å². The number of carbonyl (C=O) groups is 2. The average Bonchev–Trinajstić information content (AvgIpc) is 2.61. The van der Waals surface area contributed by atoms with Crippen LogP contribution in [0.1, 0.15) is 22.8 Å². The molecule has 1 unspecified atom stereocenters.